The van der Waals surface area contributed by atoms with E-state index in [1.165, 1.54) is 28.6 Å². The largest absolute Gasteiger partial charge is 0.289 e. The average Bonchev–Trinajstić information content (AvgIpc) is 2.74. The Morgan fingerprint density at radius 3 is 2.28 bits per heavy atom. The van der Waals surface area contributed by atoms with Gasteiger partial charge in [-0.2, -0.15) is 0 Å². The SMILES string of the molecule is C[C@H]1C[C@@H](c2ccccc2)N(S(=O)(=O)c2ccccc2[N+](=O)[O-])c2ccccc21. The van der Waals surface area contributed by atoms with Crippen LogP contribution in [0.4, 0.5) is 11.4 Å². The number of hydrogen-bond acceptors (Lipinski definition) is 4. The van der Waals surface area contributed by atoms with Crippen LogP contribution in [0.2, 0.25) is 0 Å². The lowest BCUT2D eigenvalue weighted by Crippen LogP contribution is -2.39. The smallest absolute Gasteiger partial charge is 0.258 e. The second kappa shape index (κ2) is 7.33. The summed E-state index contributed by atoms with van der Waals surface area (Å²) in [7, 11) is -4.18. The van der Waals surface area contributed by atoms with Gasteiger partial charge in [-0.1, -0.05) is 67.6 Å². The molecule has 0 spiro atoms. The van der Waals surface area contributed by atoms with E-state index in [0.29, 0.717) is 12.1 Å². The Labute approximate surface area is 169 Å². The molecule has 0 saturated carbocycles. The lowest BCUT2D eigenvalue weighted by Gasteiger charge is -2.40. The first-order chi connectivity index (χ1) is 13.9. The molecule has 0 amide bonds. The molecule has 0 saturated heterocycles. The molecule has 1 heterocycles. The van der Waals surface area contributed by atoms with Crippen molar-refractivity contribution >= 4 is 21.4 Å². The van der Waals surface area contributed by atoms with Crippen LogP contribution in [-0.4, -0.2) is 13.3 Å². The van der Waals surface area contributed by atoms with Crippen LogP contribution in [-0.2, 0) is 10.0 Å². The van der Waals surface area contributed by atoms with Crippen LogP contribution in [0, 0.1) is 10.1 Å². The molecular weight excluding hydrogens is 388 g/mol. The van der Waals surface area contributed by atoms with Crippen LogP contribution in [0.15, 0.2) is 83.8 Å². The number of nitrogens with zero attached hydrogens (tertiary/aromatic N) is 2. The summed E-state index contributed by atoms with van der Waals surface area (Å²) in [4.78, 5) is 10.6. The van der Waals surface area contributed by atoms with Gasteiger partial charge in [0, 0.05) is 6.07 Å². The summed E-state index contributed by atoms with van der Waals surface area (Å²) in [6.07, 6.45) is 0.584. The third-order valence-corrected chi connectivity index (χ3v) is 7.22. The van der Waals surface area contributed by atoms with Gasteiger partial charge < -0.3 is 0 Å². The van der Waals surface area contributed by atoms with Crippen LogP contribution >= 0.6 is 0 Å². The monoisotopic (exact) mass is 408 g/mol. The molecule has 0 bridgehead atoms. The van der Waals surface area contributed by atoms with E-state index >= 15 is 0 Å². The van der Waals surface area contributed by atoms with Crippen molar-refractivity contribution < 1.29 is 13.3 Å². The third-order valence-electron chi connectivity index (χ3n) is 5.35. The van der Waals surface area contributed by atoms with E-state index in [9.17, 15) is 18.5 Å². The summed E-state index contributed by atoms with van der Waals surface area (Å²) in [5, 5.41) is 11.5. The number of nitro groups is 1. The maximum Gasteiger partial charge on any atom is 0.289 e. The number of benzene rings is 3. The minimum Gasteiger partial charge on any atom is -0.258 e. The Kier molecular flexibility index (Phi) is 4.84. The third kappa shape index (κ3) is 3.27. The zero-order chi connectivity index (χ0) is 20.6. The highest BCUT2D eigenvalue weighted by atomic mass is 32.2. The molecule has 0 aliphatic carbocycles. The van der Waals surface area contributed by atoms with Crippen molar-refractivity contribution in [3.63, 3.8) is 0 Å². The lowest BCUT2D eigenvalue weighted by molar-refractivity contribution is -0.387. The Hall–Kier alpha value is -3.19. The van der Waals surface area contributed by atoms with Gasteiger partial charge in [0.05, 0.1) is 16.7 Å². The molecule has 1 aliphatic heterocycles. The summed E-state index contributed by atoms with van der Waals surface area (Å²) < 4.78 is 28.9. The summed E-state index contributed by atoms with van der Waals surface area (Å²) in [5.74, 6) is 0.147. The fraction of sp³-hybridized carbons (Fsp3) is 0.182. The van der Waals surface area contributed by atoms with Crippen molar-refractivity contribution in [2.75, 3.05) is 4.31 Å². The van der Waals surface area contributed by atoms with Gasteiger partial charge in [0.2, 0.25) is 0 Å². The van der Waals surface area contributed by atoms with Gasteiger partial charge in [0.15, 0.2) is 4.90 Å². The number of sulfonamides is 1. The highest BCUT2D eigenvalue weighted by molar-refractivity contribution is 7.93. The second-order valence-electron chi connectivity index (χ2n) is 7.15. The van der Waals surface area contributed by atoms with Crippen molar-refractivity contribution in [3.05, 3.63) is 100 Å². The molecule has 0 aromatic heterocycles. The second-order valence-corrected chi connectivity index (χ2v) is 8.93. The predicted octanol–water partition coefficient (Wildman–Crippen LogP) is 5.04. The first kappa shape index (κ1) is 19.1. The van der Waals surface area contributed by atoms with E-state index in [1.807, 2.05) is 42.5 Å². The van der Waals surface area contributed by atoms with Gasteiger partial charge in [-0.25, -0.2) is 8.42 Å². The number of hydrogen-bond donors (Lipinski definition) is 0. The van der Waals surface area contributed by atoms with E-state index in [-0.39, 0.29) is 10.8 Å². The summed E-state index contributed by atoms with van der Waals surface area (Å²) in [6, 6.07) is 21.8. The van der Waals surface area contributed by atoms with E-state index in [1.54, 1.807) is 12.1 Å². The summed E-state index contributed by atoms with van der Waals surface area (Å²) in [5.41, 5.74) is 1.92. The molecule has 29 heavy (non-hydrogen) atoms. The molecule has 2 atom stereocenters. The zero-order valence-electron chi connectivity index (χ0n) is 15.8. The maximum absolute atomic E-state index is 13.8. The van der Waals surface area contributed by atoms with Crippen LogP contribution < -0.4 is 4.31 Å². The molecule has 3 aromatic rings. The van der Waals surface area contributed by atoms with Gasteiger partial charge in [0.1, 0.15) is 0 Å². The number of fused-ring (bicyclic) bond motifs is 1. The highest BCUT2D eigenvalue weighted by Gasteiger charge is 2.41. The topological polar surface area (TPSA) is 80.5 Å². The first-order valence-corrected chi connectivity index (χ1v) is 10.8. The fourth-order valence-electron chi connectivity index (χ4n) is 4.01. The van der Waals surface area contributed by atoms with E-state index in [0.717, 1.165) is 11.1 Å². The van der Waals surface area contributed by atoms with Crippen LogP contribution in [0.1, 0.15) is 36.4 Å². The first-order valence-electron chi connectivity index (χ1n) is 9.33. The summed E-state index contributed by atoms with van der Waals surface area (Å²) >= 11 is 0. The van der Waals surface area contributed by atoms with E-state index in [2.05, 4.69) is 6.92 Å². The van der Waals surface area contributed by atoms with Crippen molar-refractivity contribution in [1.82, 2.24) is 0 Å². The minimum atomic E-state index is -4.18. The molecule has 7 heteroatoms. The molecule has 0 radical (unpaired) electrons. The predicted molar refractivity (Wildman–Crippen MR) is 111 cm³/mol. The summed E-state index contributed by atoms with van der Waals surface area (Å²) in [6.45, 7) is 2.07. The van der Waals surface area contributed by atoms with Crippen LogP contribution in [0.5, 0.6) is 0 Å². The van der Waals surface area contributed by atoms with Crippen molar-refractivity contribution in [2.24, 2.45) is 0 Å². The van der Waals surface area contributed by atoms with Crippen molar-refractivity contribution in [1.29, 1.82) is 0 Å². The maximum atomic E-state index is 13.8. The molecule has 3 aromatic carbocycles. The zero-order valence-corrected chi connectivity index (χ0v) is 16.6. The molecule has 1 aliphatic rings. The van der Waals surface area contributed by atoms with Gasteiger partial charge in [-0.3, -0.25) is 14.4 Å². The normalized spacial score (nSPS) is 18.9. The fourth-order valence-corrected chi connectivity index (χ4v) is 5.84. The number of para-hydroxylation sites is 2. The Bertz CT molecular complexity index is 1160. The lowest BCUT2D eigenvalue weighted by atomic mass is 9.86. The van der Waals surface area contributed by atoms with Crippen molar-refractivity contribution in [3.8, 4) is 0 Å². The minimum absolute atomic E-state index is 0.147. The van der Waals surface area contributed by atoms with Crippen LogP contribution in [0.25, 0.3) is 0 Å². The Morgan fingerprint density at radius 2 is 1.55 bits per heavy atom. The van der Waals surface area contributed by atoms with E-state index in [4.69, 9.17) is 0 Å². The molecule has 0 fully saturated rings. The molecule has 6 nitrogen and oxygen atoms in total. The van der Waals surface area contributed by atoms with E-state index < -0.39 is 26.7 Å². The standard InChI is InChI=1S/C22H20N2O4S/c1-16-15-21(17-9-3-2-4-10-17)23(19-12-6-5-11-18(16)19)29(27,28)22-14-8-7-13-20(22)24(25)26/h2-14,16,21H,15H2,1H3/t16-,21-/m0/s1. The Balaban J connectivity index is 1.97. The van der Waals surface area contributed by atoms with Gasteiger partial charge >= 0.3 is 0 Å². The quantitative estimate of drug-likeness (QED) is 0.447. The molecule has 148 valence electrons. The van der Waals surface area contributed by atoms with Crippen LogP contribution in [0.3, 0.4) is 0 Å². The molecule has 4 rings (SSSR count). The highest BCUT2D eigenvalue weighted by Crippen LogP contribution is 2.47. The number of rotatable bonds is 4. The van der Waals surface area contributed by atoms with Crippen molar-refractivity contribution in [2.45, 2.75) is 30.2 Å². The molecular formula is C22H20N2O4S. The number of nitro benzene ring substituents is 1. The van der Waals surface area contributed by atoms with Gasteiger partial charge in [-0.05, 0) is 35.6 Å². The average molecular weight is 408 g/mol. The molecule has 0 unspecified atom stereocenters. The molecule has 0 N–H and O–H groups in total. The van der Waals surface area contributed by atoms with Gasteiger partial charge in [-0.15, -0.1) is 0 Å². The number of anilines is 1. The van der Waals surface area contributed by atoms with Gasteiger partial charge in [0.25, 0.3) is 15.7 Å². The Morgan fingerprint density at radius 1 is 0.931 bits per heavy atom.